The molecule has 2 rings (SSSR count). The van der Waals surface area contributed by atoms with Gasteiger partial charge in [0.25, 0.3) is 0 Å². The molecule has 1 saturated heterocycles. The SMILES string of the molecule is N#C[C@@H]1C[C@H](F)CN1C(=O)CN(CO)C1CCCC1. The number of alkyl halides is 1. The molecular formula is C13H20FN3O2. The molecule has 0 aromatic carbocycles. The van der Waals surface area contributed by atoms with E-state index in [1.807, 2.05) is 6.07 Å². The first kappa shape index (κ1) is 14.2. The van der Waals surface area contributed by atoms with Crippen LogP contribution < -0.4 is 0 Å². The van der Waals surface area contributed by atoms with Gasteiger partial charge in [-0.3, -0.25) is 9.69 Å². The molecule has 0 radical (unpaired) electrons. The van der Waals surface area contributed by atoms with Gasteiger partial charge in [-0.1, -0.05) is 12.8 Å². The van der Waals surface area contributed by atoms with Crippen molar-refractivity contribution in [1.29, 1.82) is 5.26 Å². The fourth-order valence-corrected chi connectivity index (χ4v) is 3.01. The summed E-state index contributed by atoms with van der Waals surface area (Å²) >= 11 is 0. The van der Waals surface area contributed by atoms with Gasteiger partial charge in [0.2, 0.25) is 5.91 Å². The lowest BCUT2D eigenvalue weighted by atomic mass is 10.2. The average molecular weight is 269 g/mol. The first-order valence-electron chi connectivity index (χ1n) is 6.83. The predicted octanol–water partition coefficient (Wildman–Crippen LogP) is 0.643. The Labute approximate surface area is 112 Å². The minimum Gasteiger partial charge on any atom is -0.381 e. The Morgan fingerprint density at radius 3 is 2.74 bits per heavy atom. The molecule has 0 spiro atoms. The minimum absolute atomic E-state index is 0.000987. The molecule has 106 valence electrons. The highest BCUT2D eigenvalue weighted by molar-refractivity contribution is 5.79. The van der Waals surface area contributed by atoms with Gasteiger partial charge >= 0.3 is 0 Å². The van der Waals surface area contributed by atoms with Gasteiger partial charge in [0.1, 0.15) is 12.2 Å². The second kappa shape index (κ2) is 6.31. The lowest BCUT2D eigenvalue weighted by Gasteiger charge is -2.28. The molecule has 1 heterocycles. The Hall–Kier alpha value is -1.19. The van der Waals surface area contributed by atoms with Gasteiger partial charge in [0, 0.05) is 12.5 Å². The van der Waals surface area contributed by atoms with Gasteiger partial charge < -0.3 is 10.0 Å². The molecule has 1 aliphatic carbocycles. The van der Waals surface area contributed by atoms with Gasteiger partial charge in [0.05, 0.1) is 25.9 Å². The highest BCUT2D eigenvalue weighted by Crippen LogP contribution is 2.24. The Balaban J connectivity index is 1.93. The number of amides is 1. The molecule has 0 bridgehead atoms. The third-order valence-corrected chi connectivity index (χ3v) is 4.08. The van der Waals surface area contributed by atoms with Crippen LogP contribution in [0.1, 0.15) is 32.1 Å². The zero-order valence-electron chi connectivity index (χ0n) is 11.0. The van der Waals surface area contributed by atoms with E-state index in [0.717, 1.165) is 25.7 Å². The molecule has 2 atom stereocenters. The van der Waals surface area contributed by atoms with E-state index in [1.165, 1.54) is 4.90 Å². The highest BCUT2D eigenvalue weighted by Gasteiger charge is 2.36. The minimum atomic E-state index is -1.11. The molecule has 6 heteroatoms. The number of likely N-dealkylation sites (tertiary alicyclic amines) is 1. The van der Waals surface area contributed by atoms with Crippen LogP contribution in [0.4, 0.5) is 4.39 Å². The molecule has 19 heavy (non-hydrogen) atoms. The maximum absolute atomic E-state index is 13.3. The van der Waals surface area contributed by atoms with E-state index in [9.17, 15) is 14.3 Å². The van der Waals surface area contributed by atoms with Gasteiger partial charge in [0.15, 0.2) is 0 Å². The largest absolute Gasteiger partial charge is 0.381 e. The molecule has 0 aromatic heterocycles. The summed E-state index contributed by atoms with van der Waals surface area (Å²) in [7, 11) is 0. The number of nitrogens with zero attached hydrogens (tertiary/aromatic N) is 3. The summed E-state index contributed by atoms with van der Waals surface area (Å²) in [6, 6.07) is 1.54. The fourth-order valence-electron chi connectivity index (χ4n) is 3.01. The number of hydrogen-bond acceptors (Lipinski definition) is 4. The smallest absolute Gasteiger partial charge is 0.238 e. The third kappa shape index (κ3) is 3.23. The lowest BCUT2D eigenvalue weighted by molar-refractivity contribution is -0.134. The summed E-state index contributed by atoms with van der Waals surface area (Å²) in [4.78, 5) is 15.2. The Morgan fingerprint density at radius 1 is 1.47 bits per heavy atom. The van der Waals surface area contributed by atoms with Crippen LogP contribution >= 0.6 is 0 Å². The zero-order valence-corrected chi connectivity index (χ0v) is 11.0. The maximum Gasteiger partial charge on any atom is 0.238 e. The van der Waals surface area contributed by atoms with E-state index < -0.39 is 12.2 Å². The Morgan fingerprint density at radius 2 is 2.16 bits per heavy atom. The number of carbonyl (C=O) groups excluding carboxylic acids is 1. The standard InChI is InChI=1S/C13H20FN3O2/c14-10-5-12(6-15)17(7-10)13(19)8-16(9-18)11-3-1-2-4-11/h10-12,18H,1-5,7-9H2/t10-,12-/m0/s1. The topological polar surface area (TPSA) is 67.6 Å². The molecule has 2 aliphatic rings. The summed E-state index contributed by atoms with van der Waals surface area (Å²) in [6.45, 7) is -0.0897. The number of halogens is 1. The number of rotatable bonds is 4. The van der Waals surface area contributed by atoms with Gasteiger partial charge in [-0.15, -0.1) is 0 Å². The molecule has 0 aromatic rings. The lowest BCUT2D eigenvalue weighted by Crippen LogP contribution is -2.45. The van der Waals surface area contributed by atoms with Crippen molar-refractivity contribution in [2.24, 2.45) is 0 Å². The second-order valence-electron chi connectivity index (χ2n) is 5.35. The van der Waals surface area contributed by atoms with Crippen molar-refractivity contribution in [2.45, 2.75) is 50.4 Å². The predicted molar refractivity (Wildman–Crippen MR) is 66.7 cm³/mol. The monoisotopic (exact) mass is 269 g/mol. The normalized spacial score (nSPS) is 28.0. The summed E-state index contributed by atoms with van der Waals surface area (Å²) in [6.07, 6.45) is 3.20. The highest BCUT2D eigenvalue weighted by atomic mass is 19.1. The van der Waals surface area contributed by atoms with Crippen LogP contribution in [-0.4, -0.2) is 58.9 Å². The summed E-state index contributed by atoms with van der Waals surface area (Å²) in [5.74, 6) is -0.257. The quantitative estimate of drug-likeness (QED) is 0.761. The van der Waals surface area contributed by atoms with Crippen molar-refractivity contribution in [3.05, 3.63) is 0 Å². The van der Waals surface area contributed by atoms with Gasteiger partial charge in [-0.05, 0) is 12.8 Å². The van der Waals surface area contributed by atoms with Crippen LogP contribution in [-0.2, 0) is 4.79 Å². The van der Waals surface area contributed by atoms with Crippen LogP contribution in [0.25, 0.3) is 0 Å². The van der Waals surface area contributed by atoms with Crippen LogP contribution in [0, 0.1) is 11.3 Å². The number of carbonyl (C=O) groups is 1. The number of hydrogen-bond donors (Lipinski definition) is 1. The van der Waals surface area contributed by atoms with Gasteiger partial charge in [-0.25, -0.2) is 4.39 Å². The van der Waals surface area contributed by atoms with Crippen molar-refractivity contribution in [3.8, 4) is 6.07 Å². The molecule has 5 nitrogen and oxygen atoms in total. The Bertz CT molecular complexity index is 365. The van der Waals surface area contributed by atoms with Crippen molar-refractivity contribution >= 4 is 5.91 Å². The average Bonchev–Trinajstić information content (AvgIpc) is 3.04. The number of aliphatic hydroxyl groups excluding tert-OH is 1. The van der Waals surface area contributed by atoms with Crippen molar-refractivity contribution in [3.63, 3.8) is 0 Å². The molecule has 1 aliphatic heterocycles. The molecule has 1 N–H and O–H groups in total. The van der Waals surface area contributed by atoms with E-state index >= 15 is 0 Å². The summed E-state index contributed by atoms with van der Waals surface area (Å²) in [5.41, 5.74) is 0. The fraction of sp³-hybridized carbons (Fsp3) is 0.846. The first-order chi connectivity index (χ1) is 9.15. The van der Waals surface area contributed by atoms with Crippen LogP contribution in [0.5, 0.6) is 0 Å². The second-order valence-corrected chi connectivity index (χ2v) is 5.35. The number of aliphatic hydroxyl groups is 1. The van der Waals surface area contributed by atoms with Crippen molar-refractivity contribution in [2.75, 3.05) is 19.8 Å². The zero-order chi connectivity index (χ0) is 13.8. The van der Waals surface area contributed by atoms with E-state index in [4.69, 9.17) is 5.26 Å². The third-order valence-electron chi connectivity index (χ3n) is 4.08. The van der Waals surface area contributed by atoms with Crippen LogP contribution in [0.15, 0.2) is 0 Å². The van der Waals surface area contributed by atoms with Crippen molar-refractivity contribution in [1.82, 2.24) is 9.80 Å². The van der Waals surface area contributed by atoms with Crippen molar-refractivity contribution < 1.29 is 14.3 Å². The van der Waals surface area contributed by atoms with E-state index in [0.29, 0.717) is 0 Å². The summed E-state index contributed by atoms with van der Waals surface area (Å²) < 4.78 is 13.3. The molecular weight excluding hydrogens is 249 g/mol. The van der Waals surface area contributed by atoms with E-state index in [2.05, 4.69) is 0 Å². The molecule has 2 fully saturated rings. The molecule has 1 amide bonds. The number of nitriles is 1. The Kier molecular flexibility index (Phi) is 4.72. The van der Waals surface area contributed by atoms with Crippen LogP contribution in [0.2, 0.25) is 0 Å². The van der Waals surface area contributed by atoms with E-state index in [-0.39, 0.29) is 38.2 Å². The molecule has 1 saturated carbocycles. The molecule has 0 unspecified atom stereocenters. The van der Waals surface area contributed by atoms with Crippen LogP contribution in [0.3, 0.4) is 0 Å². The first-order valence-corrected chi connectivity index (χ1v) is 6.83. The van der Waals surface area contributed by atoms with E-state index in [1.54, 1.807) is 4.90 Å². The summed E-state index contributed by atoms with van der Waals surface area (Å²) in [5, 5.41) is 18.3. The maximum atomic E-state index is 13.3. The van der Waals surface area contributed by atoms with Gasteiger partial charge in [-0.2, -0.15) is 5.26 Å².